The van der Waals surface area contributed by atoms with Crippen molar-refractivity contribution in [2.75, 3.05) is 25.1 Å². The third-order valence-electron chi connectivity index (χ3n) is 6.27. The summed E-state index contributed by atoms with van der Waals surface area (Å²) >= 11 is 1.51. The van der Waals surface area contributed by atoms with E-state index in [1.807, 2.05) is 36.6 Å². The van der Waals surface area contributed by atoms with E-state index >= 15 is 0 Å². The molecule has 4 unspecified atom stereocenters. The summed E-state index contributed by atoms with van der Waals surface area (Å²) in [5.74, 6) is -2.01. The van der Waals surface area contributed by atoms with E-state index < -0.39 is 47.9 Å². The van der Waals surface area contributed by atoms with Crippen LogP contribution in [0.3, 0.4) is 0 Å². The Labute approximate surface area is 227 Å². The number of nitrogens with zero attached hydrogens (tertiary/aromatic N) is 2. The summed E-state index contributed by atoms with van der Waals surface area (Å²) in [6.07, 6.45) is 4.13. The zero-order valence-corrected chi connectivity index (χ0v) is 22.5. The van der Waals surface area contributed by atoms with Crippen LogP contribution in [0.2, 0.25) is 0 Å². The largest absolute Gasteiger partial charge is 0.480 e. The molecule has 0 aromatic heterocycles. The van der Waals surface area contributed by atoms with Gasteiger partial charge in [0.25, 0.3) is 0 Å². The van der Waals surface area contributed by atoms with Crippen molar-refractivity contribution in [2.45, 2.75) is 62.7 Å². The van der Waals surface area contributed by atoms with Crippen molar-refractivity contribution in [1.29, 1.82) is 0 Å². The predicted molar refractivity (Wildman–Crippen MR) is 147 cm³/mol. The number of nitrogens with one attached hydrogen (secondary N) is 2. The molecule has 13 heteroatoms. The van der Waals surface area contributed by atoms with E-state index in [1.54, 1.807) is 0 Å². The highest BCUT2D eigenvalue weighted by Gasteiger charge is 2.38. The van der Waals surface area contributed by atoms with Crippen molar-refractivity contribution < 1.29 is 24.3 Å². The molecule has 1 aromatic rings. The molecule has 9 N–H and O–H groups in total. The average Bonchev–Trinajstić information content (AvgIpc) is 3.39. The fourth-order valence-corrected chi connectivity index (χ4v) is 4.71. The molecule has 4 atom stereocenters. The predicted octanol–water partition coefficient (Wildman–Crippen LogP) is -0.592. The van der Waals surface area contributed by atoms with Gasteiger partial charge in [-0.25, -0.2) is 4.79 Å². The molecular formula is C25H39N7O5S. The lowest BCUT2D eigenvalue weighted by Crippen LogP contribution is -2.57. The summed E-state index contributed by atoms with van der Waals surface area (Å²) in [6, 6.07) is 5.45. The molecule has 210 valence electrons. The van der Waals surface area contributed by atoms with E-state index in [0.29, 0.717) is 50.9 Å². The molecule has 0 spiro atoms. The van der Waals surface area contributed by atoms with Crippen LogP contribution in [-0.2, 0) is 25.6 Å². The Morgan fingerprint density at radius 1 is 1.11 bits per heavy atom. The Balaban J connectivity index is 2.16. The van der Waals surface area contributed by atoms with E-state index in [2.05, 4.69) is 15.6 Å². The highest BCUT2D eigenvalue weighted by Crippen LogP contribution is 2.20. The zero-order chi connectivity index (χ0) is 28.1. The van der Waals surface area contributed by atoms with Crippen molar-refractivity contribution >= 4 is 41.4 Å². The lowest BCUT2D eigenvalue weighted by Gasteiger charge is -2.29. The number of amides is 3. The second-order valence-corrected chi connectivity index (χ2v) is 10.2. The van der Waals surface area contributed by atoms with Gasteiger partial charge in [0.2, 0.25) is 17.7 Å². The molecule has 0 radical (unpaired) electrons. The Morgan fingerprint density at radius 3 is 2.42 bits per heavy atom. The first kappa shape index (κ1) is 30.9. The van der Waals surface area contributed by atoms with Crippen LogP contribution in [-0.4, -0.2) is 88.9 Å². The van der Waals surface area contributed by atoms with Crippen LogP contribution < -0.4 is 27.8 Å². The fraction of sp³-hybridized carbons (Fsp3) is 0.560. The maximum Gasteiger partial charge on any atom is 0.326 e. The fourth-order valence-electron chi connectivity index (χ4n) is 4.24. The number of hydrogen-bond donors (Lipinski definition) is 6. The van der Waals surface area contributed by atoms with Crippen molar-refractivity contribution in [3.63, 3.8) is 0 Å². The second-order valence-electron chi connectivity index (χ2n) is 9.18. The van der Waals surface area contributed by atoms with Gasteiger partial charge >= 0.3 is 5.97 Å². The standard InChI is InChI=1S/C25H39N7O5S/c1-38-14-11-18(23(35)32-13-6-10-20(32)24(36)37)30-22(34)19(15-16-7-3-2-4-8-16)31-21(33)17(26)9-5-12-29-25(27)28/h2-4,7-8,17-20H,5-6,9-15,26H2,1H3,(H,30,34)(H,31,33)(H,36,37)(H4,27,28,29). The molecule has 3 amide bonds. The normalized spacial score (nSPS) is 17.2. The third-order valence-corrected chi connectivity index (χ3v) is 6.91. The first-order chi connectivity index (χ1) is 18.1. The summed E-state index contributed by atoms with van der Waals surface area (Å²) in [6.45, 7) is 0.643. The van der Waals surface area contributed by atoms with Gasteiger partial charge in [-0.2, -0.15) is 11.8 Å². The molecule has 12 nitrogen and oxygen atoms in total. The lowest BCUT2D eigenvalue weighted by molar-refractivity contribution is -0.149. The van der Waals surface area contributed by atoms with Crippen molar-refractivity contribution in [2.24, 2.45) is 22.2 Å². The number of carbonyl (C=O) groups excluding carboxylic acids is 3. The van der Waals surface area contributed by atoms with Crippen molar-refractivity contribution in [3.8, 4) is 0 Å². The molecule has 0 bridgehead atoms. The number of hydrogen-bond acceptors (Lipinski definition) is 7. The maximum absolute atomic E-state index is 13.4. The molecule has 1 fully saturated rings. The van der Waals surface area contributed by atoms with Gasteiger partial charge in [-0.3, -0.25) is 19.4 Å². The average molecular weight is 550 g/mol. The summed E-state index contributed by atoms with van der Waals surface area (Å²) < 4.78 is 0. The number of aliphatic carboxylic acids is 1. The Kier molecular flexibility index (Phi) is 12.9. The van der Waals surface area contributed by atoms with Gasteiger partial charge in [0, 0.05) is 19.5 Å². The van der Waals surface area contributed by atoms with Crippen LogP contribution in [0.4, 0.5) is 0 Å². The van der Waals surface area contributed by atoms with Crippen LogP contribution in [0.5, 0.6) is 0 Å². The molecule has 2 rings (SSSR count). The minimum Gasteiger partial charge on any atom is -0.480 e. The van der Waals surface area contributed by atoms with Gasteiger partial charge in [0.15, 0.2) is 5.96 Å². The Morgan fingerprint density at radius 2 is 1.79 bits per heavy atom. The molecule has 0 aliphatic carbocycles. The lowest BCUT2D eigenvalue weighted by atomic mass is 10.0. The van der Waals surface area contributed by atoms with Gasteiger partial charge in [-0.15, -0.1) is 0 Å². The molecule has 1 saturated heterocycles. The summed E-state index contributed by atoms with van der Waals surface area (Å²) in [4.78, 5) is 56.4. The second kappa shape index (κ2) is 15.8. The number of rotatable bonds is 15. The highest BCUT2D eigenvalue weighted by atomic mass is 32.2. The van der Waals surface area contributed by atoms with Gasteiger partial charge in [0.1, 0.15) is 18.1 Å². The number of carboxylic acid groups (broad SMARTS) is 1. The molecule has 1 heterocycles. The highest BCUT2D eigenvalue weighted by molar-refractivity contribution is 7.98. The molecule has 1 aliphatic rings. The smallest absolute Gasteiger partial charge is 0.326 e. The van der Waals surface area contributed by atoms with Crippen molar-refractivity contribution in [3.05, 3.63) is 35.9 Å². The maximum atomic E-state index is 13.4. The van der Waals surface area contributed by atoms with Crippen LogP contribution in [0.15, 0.2) is 35.3 Å². The zero-order valence-electron chi connectivity index (χ0n) is 21.7. The third kappa shape index (κ3) is 9.86. The Bertz CT molecular complexity index is 974. The van der Waals surface area contributed by atoms with Crippen LogP contribution >= 0.6 is 11.8 Å². The van der Waals surface area contributed by atoms with E-state index in [0.717, 1.165) is 5.56 Å². The van der Waals surface area contributed by atoms with Gasteiger partial charge in [-0.05, 0) is 49.7 Å². The van der Waals surface area contributed by atoms with Gasteiger partial charge < -0.3 is 37.8 Å². The van der Waals surface area contributed by atoms with E-state index in [1.165, 1.54) is 16.7 Å². The molecule has 38 heavy (non-hydrogen) atoms. The van der Waals surface area contributed by atoms with Crippen LogP contribution in [0.25, 0.3) is 0 Å². The van der Waals surface area contributed by atoms with Crippen LogP contribution in [0, 0.1) is 0 Å². The summed E-state index contributed by atoms with van der Waals surface area (Å²) in [7, 11) is 0. The Hall–Kier alpha value is -3.32. The first-order valence-corrected chi connectivity index (χ1v) is 14.0. The van der Waals surface area contributed by atoms with E-state index in [4.69, 9.17) is 17.2 Å². The van der Waals surface area contributed by atoms with Gasteiger partial charge in [-0.1, -0.05) is 30.3 Å². The summed E-state index contributed by atoms with van der Waals surface area (Å²) in [5.41, 5.74) is 17.5. The molecule has 1 aliphatic heterocycles. The monoisotopic (exact) mass is 549 g/mol. The number of nitrogens with two attached hydrogens (primary N) is 3. The number of benzene rings is 1. The number of likely N-dealkylation sites (tertiary alicyclic amines) is 1. The quantitative estimate of drug-likeness (QED) is 0.0937. The number of aliphatic imine (C=N–C) groups is 1. The van der Waals surface area contributed by atoms with Crippen LogP contribution in [0.1, 0.15) is 37.7 Å². The number of guanidine groups is 1. The minimum absolute atomic E-state index is 0.0446. The van der Waals surface area contributed by atoms with Gasteiger partial charge in [0.05, 0.1) is 6.04 Å². The van der Waals surface area contributed by atoms with E-state index in [9.17, 15) is 24.3 Å². The minimum atomic E-state index is -1.06. The molecule has 0 saturated carbocycles. The molecule has 1 aromatic carbocycles. The SMILES string of the molecule is CSCCC(NC(=O)C(Cc1ccccc1)NC(=O)C(N)CCCN=C(N)N)C(=O)N1CCCC1C(=O)O. The molecular weight excluding hydrogens is 510 g/mol. The van der Waals surface area contributed by atoms with Crippen molar-refractivity contribution in [1.82, 2.24) is 15.5 Å². The summed E-state index contributed by atoms with van der Waals surface area (Å²) in [5, 5.41) is 15.0. The number of carboxylic acids is 1. The number of thioether (sulfide) groups is 1. The topological polar surface area (TPSA) is 206 Å². The number of carbonyl (C=O) groups is 4. The first-order valence-electron chi connectivity index (χ1n) is 12.6. The van der Waals surface area contributed by atoms with E-state index in [-0.39, 0.29) is 12.4 Å².